The number of piperidine rings is 1. The number of aromatic nitrogens is 1. The van der Waals surface area contributed by atoms with Gasteiger partial charge in [-0.15, -0.1) is 0 Å². The van der Waals surface area contributed by atoms with Gasteiger partial charge in [0.2, 0.25) is 0 Å². The zero-order valence-corrected chi connectivity index (χ0v) is 9.98. The quantitative estimate of drug-likeness (QED) is 0.841. The Kier molecular flexibility index (Phi) is 3.96. The first kappa shape index (κ1) is 11.6. The van der Waals surface area contributed by atoms with Gasteiger partial charge >= 0.3 is 0 Å². The van der Waals surface area contributed by atoms with E-state index >= 15 is 0 Å². The summed E-state index contributed by atoms with van der Waals surface area (Å²) in [6, 6.07) is 0. The van der Waals surface area contributed by atoms with E-state index in [-0.39, 0.29) is 0 Å². The van der Waals surface area contributed by atoms with Crippen LogP contribution in [-0.2, 0) is 6.54 Å². The smallest absolute Gasteiger partial charge is 0.181 e. The van der Waals surface area contributed by atoms with Crippen LogP contribution in [0.4, 0.5) is 0 Å². The third-order valence-corrected chi connectivity index (χ3v) is 3.50. The Morgan fingerprint density at radius 2 is 2.25 bits per heavy atom. The van der Waals surface area contributed by atoms with E-state index in [2.05, 4.69) is 9.88 Å². The average Bonchev–Trinajstić information content (AvgIpc) is 2.68. The monoisotopic (exact) mass is 223 g/mol. The SMILES string of the molecule is Cc1ocnc1CN1CCC(CCN)CC1. The van der Waals surface area contributed by atoms with Crippen molar-refractivity contribution in [1.82, 2.24) is 9.88 Å². The van der Waals surface area contributed by atoms with Crippen molar-refractivity contribution in [1.29, 1.82) is 0 Å². The molecule has 0 aliphatic carbocycles. The van der Waals surface area contributed by atoms with Crippen LogP contribution in [0.1, 0.15) is 30.7 Å². The number of nitrogens with zero attached hydrogens (tertiary/aromatic N) is 2. The molecule has 1 aromatic heterocycles. The van der Waals surface area contributed by atoms with E-state index in [4.69, 9.17) is 10.2 Å². The Balaban J connectivity index is 1.79. The Hall–Kier alpha value is -0.870. The van der Waals surface area contributed by atoms with Crippen molar-refractivity contribution >= 4 is 0 Å². The predicted molar refractivity (Wildman–Crippen MR) is 62.9 cm³/mol. The zero-order valence-electron chi connectivity index (χ0n) is 9.98. The molecule has 0 aromatic carbocycles. The van der Waals surface area contributed by atoms with Crippen LogP contribution in [0, 0.1) is 12.8 Å². The average molecular weight is 223 g/mol. The molecule has 1 aliphatic heterocycles. The van der Waals surface area contributed by atoms with E-state index in [9.17, 15) is 0 Å². The van der Waals surface area contributed by atoms with Gasteiger partial charge in [0.15, 0.2) is 6.39 Å². The summed E-state index contributed by atoms with van der Waals surface area (Å²) in [5, 5.41) is 0. The van der Waals surface area contributed by atoms with E-state index in [1.54, 1.807) is 0 Å². The fourth-order valence-corrected chi connectivity index (χ4v) is 2.36. The zero-order chi connectivity index (χ0) is 11.4. The van der Waals surface area contributed by atoms with Crippen molar-refractivity contribution in [2.75, 3.05) is 19.6 Å². The molecule has 1 fully saturated rings. The largest absolute Gasteiger partial charge is 0.448 e. The molecule has 0 saturated carbocycles. The van der Waals surface area contributed by atoms with Gasteiger partial charge in [0.1, 0.15) is 5.76 Å². The summed E-state index contributed by atoms with van der Waals surface area (Å²) in [4.78, 5) is 6.69. The molecule has 4 heteroatoms. The van der Waals surface area contributed by atoms with Crippen molar-refractivity contribution in [2.24, 2.45) is 11.7 Å². The molecule has 0 atom stereocenters. The van der Waals surface area contributed by atoms with Gasteiger partial charge in [0.25, 0.3) is 0 Å². The van der Waals surface area contributed by atoms with Gasteiger partial charge in [-0.2, -0.15) is 0 Å². The lowest BCUT2D eigenvalue weighted by Crippen LogP contribution is -2.34. The first-order valence-electron chi connectivity index (χ1n) is 6.11. The van der Waals surface area contributed by atoms with Gasteiger partial charge in [-0.1, -0.05) is 0 Å². The lowest BCUT2D eigenvalue weighted by atomic mass is 9.93. The van der Waals surface area contributed by atoms with Gasteiger partial charge < -0.3 is 10.2 Å². The maximum Gasteiger partial charge on any atom is 0.181 e. The highest BCUT2D eigenvalue weighted by molar-refractivity contribution is 5.04. The van der Waals surface area contributed by atoms with Crippen LogP contribution >= 0.6 is 0 Å². The van der Waals surface area contributed by atoms with Crippen LogP contribution in [0.3, 0.4) is 0 Å². The number of nitrogens with two attached hydrogens (primary N) is 1. The molecule has 1 saturated heterocycles. The maximum absolute atomic E-state index is 5.59. The fraction of sp³-hybridized carbons (Fsp3) is 0.750. The summed E-state index contributed by atoms with van der Waals surface area (Å²) in [5.41, 5.74) is 6.67. The molecule has 0 radical (unpaired) electrons. The Morgan fingerprint density at radius 3 is 2.81 bits per heavy atom. The number of aryl methyl sites for hydroxylation is 1. The topological polar surface area (TPSA) is 55.3 Å². The van der Waals surface area contributed by atoms with Crippen LogP contribution in [0.25, 0.3) is 0 Å². The summed E-state index contributed by atoms with van der Waals surface area (Å²) in [5.74, 6) is 1.78. The van der Waals surface area contributed by atoms with Crippen LogP contribution in [0.2, 0.25) is 0 Å². The number of hydrogen-bond donors (Lipinski definition) is 1. The second kappa shape index (κ2) is 5.46. The van der Waals surface area contributed by atoms with E-state index in [1.807, 2.05) is 6.92 Å². The van der Waals surface area contributed by atoms with Crippen molar-refractivity contribution in [3.8, 4) is 0 Å². The van der Waals surface area contributed by atoms with E-state index in [0.29, 0.717) is 0 Å². The molecule has 0 unspecified atom stereocenters. The highest BCUT2D eigenvalue weighted by Crippen LogP contribution is 2.21. The number of oxazole rings is 1. The van der Waals surface area contributed by atoms with Crippen molar-refractivity contribution in [3.63, 3.8) is 0 Å². The summed E-state index contributed by atoms with van der Waals surface area (Å²) in [7, 11) is 0. The molecular weight excluding hydrogens is 202 g/mol. The van der Waals surface area contributed by atoms with Crippen LogP contribution in [0.5, 0.6) is 0 Å². The molecular formula is C12H21N3O. The first-order chi connectivity index (χ1) is 7.79. The Bertz CT molecular complexity index is 316. The molecule has 2 N–H and O–H groups in total. The fourth-order valence-electron chi connectivity index (χ4n) is 2.36. The van der Waals surface area contributed by atoms with E-state index in [0.717, 1.165) is 43.6 Å². The van der Waals surface area contributed by atoms with Crippen molar-refractivity contribution in [2.45, 2.75) is 32.7 Å². The van der Waals surface area contributed by atoms with Crippen LogP contribution in [0.15, 0.2) is 10.8 Å². The molecule has 1 aromatic rings. The van der Waals surface area contributed by atoms with Gasteiger partial charge in [0.05, 0.1) is 5.69 Å². The molecule has 2 heterocycles. The summed E-state index contributed by atoms with van der Waals surface area (Å²) >= 11 is 0. The third-order valence-electron chi connectivity index (χ3n) is 3.50. The Labute approximate surface area is 96.8 Å². The normalized spacial score (nSPS) is 19.1. The standard InChI is InChI=1S/C12H21N3O/c1-10-12(14-9-16-10)8-15-6-3-11(2-5-13)4-7-15/h9,11H,2-8,13H2,1H3. The molecule has 16 heavy (non-hydrogen) atoms. The molecule has 90 valence electrons. The van der Waals surface area contributed by atoms with E-state index < -0.39 is 0 Å². The molecule has 2 rings (SSSR count). The minimum Gasteiger partial charge on any atom is -0.448 e. The maximum atomic E-state index is 5.59. The van der Waals surface area contributed by atoms with Gasteiger partial charge in [0, 0.05) is 6.54 Å². The third kappa shape index (κ3) is 2.83. The minimum absolute atomic E-state index is 0.826. The van der Waals surface area contributed by atoms with Gasteiger partial charge in [-0.25, -0.2) is 4.98 Å². The first-order valence-corrected chi connectivity index (χ1v) is 6.11. The highest BCUT2D eigenvalue weighted by Gasteiger charge is 2.19. The summed E-state index contributed by atoms with van der Waals surface area (Å²) < 4.78 is 5.21. The number of rotatable bonds is 4. The van der Waals surface area contributed by atoms with Gasteiger partial charge in [-0.05, 0) is 51.7 Å². The van der Waals surface area contributed by atoms with Crippen LogP contribution in [-0.4, -0.2) is 29.5 Å². The Morgan fingerprint density at radius 1 is 1.50 bits per heavy atom. The number of hydrogen-bond acceptors (Lipinski definition) is 4. The van der Waals surface area contributed by atoms with Gasteiger partial charge in [-0.3, -0.25) is 4.90 Å². The molecule has 4 nitrogen and oxygen atoms in total. The highest BCUT2D eigenvalue weighted by atomic mass is 16.3. The lowest BCUT2D eigenvalue weighted by Gasteiger charge is -2.31. The molecule has 1 aliphatic rings. The minimum atomic E-state index is 0.826. The molecule has 0 spiro atoms. The van der Waals surface area contributed by atoms with Crippen molar-refractivity contribution < 1.29 is 4.42 Å². The summed E-state index contributed by atoms with van der Waals surface area (Å²) in [6.07, 6.45) is 5.25. The number of likely N-dealkylation sites (tertiary alicyclic amines) is 1. The van der Waals surface area contributed by atoms with Crippen LogP contribution < -0.4 is 5.73 Å². The van der Waals surface area contributed by atoms with Crippen molar-refractivity contribution in [3.05, 3.63) is 17.8 Å². The lowest BCUT2D eigenvalue weighted by molar-refractivity contribution is 0.171. The predicted octanol–water partition coefficient (Wildman–Crippen LogP) is 1.54. The second-order valence-corrected chi connectivity index (χ2v) is 4.65. The molecule has 0 bridgehead atoms. The molecule has 0 amide bonds. The summed E-state index contributed by atoms with van der Waals surface area (Å²) in [6.45, 7) is 6.06. The van der Waals surface area contributed by atoms with E-state index in [1.165, 1.54) is 25.7 Å². The second-order valence-electron chi connectivity index (χ2n) is 4.65.